The third-order valence-corrected chi connectivity index (χ3v) is 4.44. The van der Waals surface area contributed by atoms with Crippen molar-refractivity contribution in [2.45, 2.75) is 6.54 Å². The van der Waals surface area contributed by atoms with Gasteiger partial charge in [-0.3, -0.25) is 4.79 Å². The van der Waals surface area contributed by atoms with Crippen LogP contribution in [0.1, 0.15) is 5.56 Å². The van der Waals surface area contributed by atoms with E-state index in [1.807, 2.05) is 6.07 Å². The largest absolute Gasteiger partial charge is 0.337 e. The lowest BCUT2D eigenvalue weighted by molar-refractivity contribution is -0.892. The fourth-order valence-electron chi connectivity index (χ4n) is 3.00. The highest BCUT2D eigenvalue weighted by Gasteiger charge is 2.24. The molecule has 132 valence electrons. The van der Waals surface area contributed by atoms with Gasteiger partial charge >= 0.3 is 0 Å². The highest BCUT2D eigenvalue weighted by atomic mass is 19.1. The second-order valence-electron chi connectivity index (χ2n) is 6.34. The number of halogens is 1. The summed E-state index contributed by atoms with van der Waals surface area (Å²) in [6.45, 7) is 4.29. The van der Waals surface area contributed by atoms with Crippen LogP contribution in [0.2, 0.25) is 0 Å². The fourth-order valence-corrected chi connectivity index (χ4v) is 3.00. The van der Waals surface area contributed by atoms with Gasteiger partial charge in [0.05, 0.1) is 26.2 Å². The van der Waals surface area contributed by atoms with Crippen molar-refractivity contribution in [2.75, 3.05) is 44.7 Å². The van der Waals surface area contributed by atoms with Crippen molar-refractivity contribution < 1.29 is 14.1 Å². The first-order valence-corrected chi connectivity index (χ1v) is 8.46. The summed E-state index contributed by atoms with van der Waals surface area (Å²) < 4.78 is 13.2. The highest BCUT2D eigenvalue weighted by Crippen LogP contribution is 2.06. The molecule has 1 N–H and O–H groups in total. The van der Waals surface area contributed by atoms with Gasteiger partial charge in [0.25, 0.3) is 5.91 Å². The number of likely N-dealkylation sites (N-methyl/N-ethyl adjacent to an activating group) is 1. The van der Waals surface area contributed by atoms with E-state index in [4.69, 9.17) is 0 Å². The SMILES string of the molecule is CN(Cc1cccc(F)c1)C(=O)C[NH+]1CCN(c2ncccn2)CC1. The Morgan fingerprint density at radius 3 is 2.64 bits per heavy atom. The molecule has 1 saturated heterocycles. The minimum Gasteiger partial charge on any atom is -0.337 e. The van der Waals surface area contributed by atoms with Gasteiger partial charge in [0, 0.05) is 26.0 Å². The average Bonchev–Trinajstić information content (AvgIpc) is 2.63. The molecule has 1 fully saturated rings. The molecule has 0 radical (unpaired) electrons. The highest BCUT2D eigenvalue weighted by molar-refractivity contribution is 5.76. The molecule has 1 aliphatic heterocycles. The summed E-state index contributed by atoms with van der Waals surface area (Å²) in [5.41, 5.74) is 0.803. The number of hydrogen-bond donors (Lipinski definition) is 1. The number of aromatic nitrogens is 2. The Bertz CT molecular complexity index is 704. The molecule has 0 spiro atoms. The van der Waals surface area contributed by atoms with Crippen LogP contribution in [0.15, 0.2) is 42.7 Å². The average molecular weight is 344 g/mol. The van der Waals surface area contributed by atoms with Crippen LogP contribution in [-0.4, -0.2) is 60.5 Å². The minimum absolute atomic E-state index is 0.0728. The van der Waals surface area contributed by atoms with Gasteiger partial charge in [-0.2, -0.15) is 0 Å². The van der Waals surface area contributed by atoms with Crippen molar-refractivity contribution in [3.8, 4) is 0 Å². The van der Waals surface area contributed by atoms with Crippen LogP contribution < -0.4 is 9.80 Å². The van der Waals surface area contributed by atoms with E-state index in [9.17, 15) is 9.18 Å². The Morgan fingerprint density at radius 2 is 1.96 bits per heavy atom. The topological polar surface area (TPSA) is 53.8 Å². The van der Waals surface area contributed by atoms with E-state index in [0.717, 1.165) is 37.7 Å². The van der Waals surface area contributed by atoms with E-state index in [1.54, 1.807) is 36.5 Å². The van der Waals surface area contributed by atoms with Crippen molar-refractivity contribution >= 4 is 11.9 Å². The molecule has 0 unspecified atom stereocenters. The maximum Gasteiger partial charge on any atom is 0.277 e. The number of piperazine rings is 1. The molecule has 1 amide bonds. The van der Waals surface area contributed by atoms with Gasteiger partial charge in [0.2, 0.25) is 5.95 Å². The first-order valence-electron chi connectivity index (χ1n) is 8.46. The van der Waals surface area contributed by atoms with Crippen molar-refractivity contribution in [3.05, 3.63) is 54.1 Å². The van der Waals surface area contributed by atoms with Crippen LogP contribution in [-0.2, 0) is 11.3 Å². The van der Waals surface area contributed by atoms with Gasteiger partial charge in [-0.15, -0.1) is 0 Å². The summed E-state index contributed by atoms with van der Waals surface area (Å²) in [6.07, 6.45) is 3.49. The molecule has 2 aromatic rings. The molecular weight excluding hydrogens is 321 g/mol. The number of nitrogens with one attached hydrogen (secondary N) is 1. The lowest BCUT2D eigenvalue weighted by Crippen LogP contribution is -3.15. The van der Waals surface area contributed by atoms with Gasteiger partial charge in [-0.1, -0.05) is 12.1 Å². The number of carbonyl (C=O) groups is 1. The molecule has 2 heterocycles. The van der Waals surface area contributed by atoms with Gasteiger partial charge < -0.3 is 14.7 Å². The Hall–Kier alpha value is -2.54. The molecule has 3 rings (SSSR count). The summed E-state index contributed by atoms with van der Waals surface area (Å²) in [6, 6.07) is 8.18. The molecule has 6 nitrogen and oxygen atoms in total. The van der Waals surface area contributed by atoms with Crippen molar-refractivity contribution in [3.63, 3.8) is 0 Å². The third kappa shape index (κ3) is 4.73. The van der Waals surface area contributed by atoms with Crippen LogP contribution in [0, 0.1) is 5.82 Å². The molecule has 1 aliphatic rings. The van der Waals surface area contributed by atoms with Gasteiger partial charge in [0.1, 0.15) is 5.82 Å². The molecule has 0 aliphatic carbocycles. The zero-order chi connectivity index (χ0) is 17.6. The monoisotopic (exact) mass is 344 g/mol. The van der Waals surface area contributed by atoms with E-state index < -0.39 is 0 Å². The fraction of sp³-hybridized carbons (Fsp3) is 0.389. The summed E-state index contributed by atoms with van der Waals surface area (Å²) in [5, 5.41) is 0. The Kier molecular flexibility index (Phi) is 5.55. The zero-order valence-corrected chi connectivity index (χ0v) is 14.4. The number of quaternary nitrogens is 1. The first kappa shape index (κ1) is 17.3. The van der Waals surface area contributed by atoms with Crippen LogP contribution in [0.5, 0.6) is 0 Å². The summed E-state index contributed by atoms with van der Waals surface area (Å²) in [5.74, 6) is 0.544. The van der Waals surface area contributed by atoms with E-state index in [0.29, 0.717) is 13.1 Å². The molecule has 1 aromatic heterocycles. The van der Waals surface area contributed by atoms with Crippen LogP contribution in [0.25, 0.3) is 0 Å². The lowest BCUT2D eigenvalue weighted by atomic mass is 10.2. The Labute approximate surface area is 146 Å². The predicted molar refractivity (Wildman–Crippen MR) is 92.7 cm³/mol. The first-order chi connectivity index (χ1) is 12.1. The van der Waals surface area contributed by atoms with Gasteiger partial charge in [0.15, 0.2) is 6.54 Å². The Balaban J connectivity index is 1.47. The van der Waals surface area contributed by atoms with E-state index in [-0.39, 0.29) is 11.7 Å². The summed E-state index contributed by atoms with van der Waals surface area (Å²) in [4.78, 5) is 26.0. The number of anilines is 1. The van der Waals surface area contributed by atoms with Crippen LogP contribution >= 0.6 is 0 Å². The molecule has 25 heavy (non-hydrogen) atoms. The number of nitrogens with zero attached hydrogens (tertiary/aromatic N) is 4. The zero-order valence-electron chi connectivity index (χ0n) is 14.4. The van der Waals surface area contributed by atoms with E-state index >= 15 is 0 Å². The molecular formula is C18H23FN5O+. The number of amides is 1. The second kappa shape index (κ2) is 8.02. The summed E-state index contributed by atoms with van der Waals surface area (Å²) >= 11 is 0. The smallest absolute Gasteiger partial charge is 0.277 e. The molecule has 0 saturated carbocycles. The number of carbonyl (C=O) groups excluding carboxylic acids is 1. The standard InChI is InChI=1S/C18H22FN5O/c1-22(13-15-4-2-5-16(19)12-15)17(25)14-23-8-10-24(11-9-23)18-20-6-3-7-21-18/h2-7,12H,8-11,13-14H2,1H3/p+1. The Morgan fingerprint density at radius 1 is 1.24 bits per heavy atom. The van der Waals surface area contributed by atoms with Crippen molar-refractivity contribution in [1.82, 2.24) is 14.9 Å². The maximum absolute atomic E-state index is 13.2. The second-order valence-corrected chi connectivity index (χ2v) is 6.34. The molecule has 0 atom stereocenters. The normalized spacial score (nSPS) is 15.2. The van der Waals surface area contributed by atoms with E-state index in [2.05, 4.69) is 14.9 Å². The van der Waals surface area contributed by atoms with E-state index in [1.165, 1.54) is 17.0 Å². The van der Waals surface area contributed by atoms with Crippen LogP contribution in [0.4, 0.5) is 10.3 Å². The maximum atomic E-state index is 13.2. The minimum atomic E-state index is -0.275. The number of hydrogen-bond acceptors (Lipinski definition) is 4. The lowest BCUT2D eigenvalue weighted by Gasteiger charge is -2.32. The third-order valence-electron chi connectivity index (χ3n) is 4.44. The molecule has 1 aromatic carbocycles. The quantitative estimate of drug-likeness (QED) is 0.828. The molecule has 0 bridgehead atoms. The number of rotatable bonds is 5. The predicted octanol–water partition coefficient (Wildman–Crippen LogP) is -0.0208. The van der Waals surface area contributed by atoms with Crippen LogP contribution in [0.3, 0.4) is 0 Å². The number of benzene rings is 1. The molecule has 7 heteroatoms. The van der Waals surface area contributed by atoms with Gasteiger partial charge in [-0.25, -0.2) is 14.4 Å². The van der Waals surface area contributed by atoms with Crippen molar-refractivity contribution in [1.29, 1.82) is 0 Å². The summed E-state index contributed by atoms with van der Waals surface area (Å²) in [7, 11) is 1.76. The van der Waals surface area contributed by atoms with Gasteiger partial charge in [-0.05, 0) is 23.8 Å². The van der Waals surface area contributed by atoms with Crippen molar-refractivity contribution in [2.24, 2.45) is 0 Å².